The van der Waals surface area contributed by atoms with Gasteiger partial charge < -0.3 is 19.5 Å². The van der Waals surface area contributed by atoms with Gasteiger partial charge in [0, 0.05) is 12.2 Å². The Balaban J connectivity index is 2.36. The number of carbonyl (C=O) groups excluding carboxylic acids is 2. The van der Waals surface area contributed by atoms with E-state index in [1.807, 2.05) is 0 Å². The fourth-order valence-electron chi connectivity index (χ4n) is 2.09. The van der Waals surface area contributed by atoms with Crippen molar-refractivity contribution in [2.24, 2.45) is 0 Å². The molecule has 1 aromatic carbocycles. The molecule has 6 heteroatoms. The fourth-order valence-corrected chi connectivity index (χ4v) is 2.09. The Labute approximate surface area is 135 Å². The largest absolute Gasteiger partial charge is 0.493 e. The number of esters is 1. The highest BCUT2D eigenvalue weighted by Crippen LogP contribution is 2.32. The fraction of sp³-hybridized carbons (Fsp3) is 0.412. The number of hydrogen-bond donors (Lipinski definition) is 1. The van der Waals surface area contributed by atoms with Crippen LogP contribution in [0.15, 0.2) is 30.0 Å². The van der Waals surface area contributed by atoms with Gasteiger partial charge in [0.1, 0.15) is 5.57 Å². The standard InChI is InChI=1S/C17H21NO5/c1-4-23-17(20)13(10-18-11-8-9-11)15(19)12-6-5-7-14(21-2)16(12)22-3/h5-7,10-11,18H,4,8-9H2,1-3H3/b13-10-. The van der Waals surface area contributed by atoms with Crippen molar-refractivity contribution in [1.82, 2.24) is 5.32 Å². The lowest BCUT2D eigenvalue weighted by Crippen LogP contribution is -2.21. The highest BCUT2D eigenvalue weighted by Gasteiger charge is 2.27. The average molecular weight is 319 g/mol. The zero-order valence-electron chi connectivity index (χ0n) is 13.5. The van der Waals surface area contributed by atoms with Crippen LogP contribution in [0.2, 0.25) is 0 Å². The number of methoxy groups -OCH3 is 2. The van der Waals surface area contributed by atoms with Crippen molar-refractivity contribution in [1.29, 1.82) is 0 Å². The number of ether oxygens (including phenoxy) is 3. The number of ketones is 1. The number of nitrogens with one attached hydrogen (secondary N) is 1. The molecule has 0 heterocycles. The summed E-state index contributed by atoms with van der Waals surface area (Å²) >= 11 is 0. The third-order valence-corrected chi connectivity index (χ3v) is 3.43. The van der Waals surface area contributed by atoms with Crippen LogP contribution in [0.1, 0.15) is 30.1 Å². The van der Waals surface area contributed by atoms with E-state index in [1.54, 1.807) is 25.1 Å². The topological polar surface area (TPSA) is 73.9 Å². The molecule has 1 aliphatic rings. The Bertz CT molecular complexity index is 619. The second kappa shape index (κ2) is 7.67. The molecule has 0 atom stereocenters. The first-order chi connectivity index (χ1) is 11.1. The number of Topliss-reactive ketones (excluding diaryl/α,β-unsaturated/α-hetero) is 1. The summed E-state index contributed by atoms with van der Waals surface area (Å²) in [5, 5.41) is 3.06. The van der Waals surface area contributed by atoms with Crippen LogP contribution in [0.5, 0.6) is 11.5 Å². The summed E-state index contributed by atoms with van der Waals surface area (Å²) in [4.78, 5) is 24.9. The van der Waals surface area contributed by atoms with Crippen molar-refractivity contribution >= 4 is 11.8 Å². The zero-order valence-corrected chi connectivity index (χ0v) is 13.5. The summed E-state index contributed by atoms with van der Waals surface area (Å²) in [6.45, 7) is 1.89. The molecule has 0 aromatic heterocycles. The number of carbonyl (C=O) groups is 2. The van der Waals surface area contributed by atoms with Gasteiger partial charge in [-0.15, -0.1) is 0 Å². The van der Waals surface area contributed by atoms with Crippen molar-refractivity contribution in [3.8, 4) is 11.5 Å². The normalized spacial score (nSPS) is 14.1. The van der Waals surface area contributed by atoms with Crippen LogP contribution in [0, 0.1) is 0 Å². The molecule has 1 N–H and O–H groups in total. The van der Waals surface area contributed by atoms with Crippen molar-refractivity contribution < 1.29 is 23.8 Å². The number of benzene rings is 1. The van der Waals surface area contributed by atoms with E-state index in [9.17, 15) is 9.59 Å². The van der Waals surface area contributed by atoms with E-state index in [-0.39, 0.29) is 17.7 Å². The molecule has 23 heavy (non-hydrogen) atoms. The molecule has 124 valence electrons. The zero-order chi connectivity index (χ0) is 16.8. The van der Waals surface area contributed by atoms with Crippen LogP contribution in [0.4, 0.5) is 0 Å². The van der Waals surface area contributed by atoms with Crippen LogP contribution < -0.4 is 14.8 Å². The molecule has 2 rings (SSSR count). The second-order valence-corrected chi connectivity index (χ2v) is 5.09. The van der Waals surface area contributed by atoms with E-state index < -0.39 is 11.8 Å². The van der Waals surface area contributed by atoms with E-state index in [1.165, 1.54) is 20.4 Å². The summed E-state index contributed by atoms with van der Waals surface area (Å²) in [7, 11) is 2.94. The van der Waals surface area contributed by atoms with Gasteiger partial charge >= 0.3 is 5.97 Å². The van der Waals surface area contributed by atoms with E-state index in [0.29, 0.717) is 17.5 Å². The van der Waals surface area contributed by atoms with Gasteiger partial charge in [0.15, 0.2) is 11.5 Å². The molecule has 0 spiro atoms. The molecule has 0 saturated heterocycles. The van der Waals surface area contributed by atoms with Crippen LogP contribution in [-0.2, 0) is 9.53 Å². The first-order valence-electron chi connectivity index (χ1n) is 7.51. The minimum absolute atomic E-state index is 0.0506. The van der Waals surface area contributed by atoms with E-state index in [4.69, 9.17) is 14.2 Å². The van der Waals surface area contributed by atoms with Crippen LogP contribution in [0.25, 0.3) is 0 Å². The number of rotatable bonds is 8. The van der Waals surface area contributed by atoms with Crippen molar-refractivity contribution in [3.05, 3.63) is 35.5 Å². The van der Waals surface area contributed by atoms with Crippen LogP contribution in [-0.4, -0.2) is 38.6 Å². The molecule has 1 aliphatic carbocycles. The number of para-hydroxylation sites is 1. The summed E-state index contributed by atoms with van der Waals surface area (Å²) in [6, 6.07) is 5.27. The van der Waals surface area contributed by atoms with E-state index >= 15 is 0 Å². The van der Waals surface area contributed by atoms with E-state index in [0.717, 1.165) is 12.8 Å². The van der Waals surface area contributed by atoms with Crippen molar-refractivity contribution in [3.63, 3.8) is 0 Å². The predicted octanol–water partition coefficient (Wildman–Crippen LogP) is 2.09. The highest BCUT2D eigenvalue weighted by atomic mass is 16.5. The van der Waals surface area contributed by atoms with Gasteiger partial charge in [0.2, 0.25) is 5.78 Å². The minimum Gasteiger partial charge on any atom is -0.493 e. The summed E-state index contributed by atoms with van der Waals surface area (Å²) in [5.74, 6) is -0.402. The molecule has 0 bridgehead atoms. The smallest absolute Gasteiger partial charge is 0.343 e. The van der Waals surface area contributed by atoms with Crippen LogP contribution in [0.3, 0.4) is 0 Å². The first kappa shape index (κ1) is 16.9. The molecular formula is C17H21NO5. The molecule has 0 unspecified atom stereocenters. The van der Waals surface area contributed by atoms with Gasteiger partial charge in [-0.2, -0.15) is 0 Å². The average Bonchev–Trinajstić information content (AvgIpc) is 3.38. The molecule has 1 fully saturated rings. The number of hydrogen-bond acceptors (Lipinski definition) is 6. The Kier molecular flexibility index (Phi) is 5.62. The first-order valence-corrected chi connectivity index (χ1v) is 7.51. The maximum absolute atomic E-state index is 12.8. The monoisotopic (exact) mass is 319 g/mol. The summed E-state index contributed by atoms with van der Waals surface area (Å²) < 4.78 is 15.5. The third-order valence-electron chi connectivity index (χ3n) is 3.43. The third kappa shape index (κ3) is 4.03. The highest BCUT2D eigenvalue weighted by molar-refractivity contribution is 6.25. The molecule has 0 amide bonds. The van der Waals surface area contributed by atoms with E-state index in [2.05, 4.69) is 5.32 Å². The quantitative estimate of drug-likeness (QED) is 0.260. The molecular weight excluding hydrogens is 298 g/mol. The van der Waals surface area contributed by atoms with Gasteiger partial charge in [-0.25, -0.2) is 4.79 Å². The van der Waals surface area contributed by atoms with Crippen molar-refractivity contribution in [2.75, 3.05) is 20.8 Å². The summed E-state index contributed by atoms with van der Waals surface area (Å²) in [5.41, 5.74) is 0.203. The SMILES string of the molecule is CCOC(=O)/C(=C\NC1CC1)C(=O)c1cccc(OC)c1OC. The lowest BCUT2D eigenvalue weighted by Gasteiger charge is -2.13. The maximum Gasteiger partial charge on any atom is 0.343 e. The second-order valence-electron chi connectivity index (χ2n) is 5.09. The molecule has 0 radical (unpaired) electrons. The van der Waals surface area contributed by atoms with Gasteiger partial charge in [0.25, 0.3) is 0 Å². The molecule has 0 aliphatic heterocycles. The Hall–Kier alpha value is -2.50. The van der Waals surface area contributed by atoms with Gasteiger partial charge in [-0.05, 0) is 31.9 Å². The van der Waals surface area contributed by atoms with Gasteiger partial charge in [0.05, 0.1) is 26.4 Å². The molecule has 1 aromatic rings. The van der Waals surface area contributed by atoms with Gasteiger partial charge in [-0.1, -0.05) is 6.07 Å². The lowest BCUT2D eigenvalue weighted by atomic mass is 10.0. The minimum atomic E-state index is -0.657. The van der Waals surface area contributed by atoms with Crippen LogP contribution >= 0.6 is 0 Å². The molecule has 6 nitrogen and oxygen atoms in total. The predicted molar refractivity (Wildman–Crippen MR) is 84.8 cm³/mol. The molecule has 1 saturated carbocycles. The van der Waals surface area contributed by atoms with Gasteiger partial charge in [-0.3, -0.25) is 4.79 Å². The Morgan fingerprint density at radius 2 is 2.00 bits per heavy atom. The van der Waals surface area contributed by atoms with Crippen molar-refractivity contribution in [2.45, 2.75) is 25.8 Å². The summed E-state index contributed by atoms with van der Waals surface area (Å²) in [6.07, 6.45) is 3.50. The Morgan fingerprint density at radius 3 is 2.57 bits per heavy atom. The Morgan fingerprint density at radius 1 is 1.26 bits per heavy atom. The maximum atomic E-state index is 12.8. The lowest BCUT2D eigenvalue weighted by molar-refractivity contribution is -0.138.